The second-order valence-electron chi connectivity index (χ2n) is 5.96. The van der Waals surface area contributed by atoms with Crippen LogP contribution in [0.5, 0.6) is 5.75 Å². The third kappa shape index (κ3) is 4.30. The van der Waals surface area contributed by atoms with Gasteiger partial charge in [0.2, 0.25) is 0 Å². The second-order valence-corrected chi connectivity index (χ2v) is 6.40. The average Bonchev–Trinajstić information content (AvgIpc) is 2.20. The number of thiocarbonyl (C=S) groups is 1. The van der Waals surface area contributed by atoms with Gasteiger partial charge in [0.1, 0.15) is 10.7 Å². The summed E-state index contributed by atoms with van der Waals surface area (Å²) in [5, 5.41) is 0. The summed E-state index contributed by atoms with van der Waals surface area (Å²) in [7, 11) is 0. The van der Waals surface area contributed by atoms with E-state index in [9.17, 15) is 0 Å². The first-order valence-corrected chi connectivity index (χ1v) is 6.65. The molecule has 0 amide bonds. The molecule has 0 aliphatic heterocycles. The molecule has 0 radical (unpaired) electrons. The second kappa shape index (κ2) is 5.70. The van der Waals surface area contributed by atoms with Gasteiger partial charge in [-0.25, -0.2) is 0 Å². The van der Waals surface area contributed by atoms with Crippen LogP contribution in [0.15, 0.2) is 12.1 Å². The lowest BCUT2D eigenvalue weighted by molar-refractivity contribution is 0.241. The van der Waals surface area contributed by atoms with Crippen LogP contribution in [0.1, 0.15) is 43.9 Å². The molecule has 1 aromatic rings. The Balaban J connectivity index is 2.81. The van der Waals surface area contributed by atoms with E-state index in [1.807, 2.05) is 26.0 Å². The van der Waals surface area contributed by atoms with Crippen molar-refractivity contribution in [2.45, 2.75) is 41.0 Å². The molecular formula is C15H23NOS. The van der Waals surface area contributed by atoms with Crippen molar-refractivity contribution in [3.63, 3.8) is 0 Å². The summed E-state index contributed by atoms with van der Waals surface area (Å²) in [6, 6.07) is 3.98. The van der Waals surface area contributed by atoms with Gasteiger partial charge in [-0.3, -0.25) is 0 Å². The third-order valence-corrected chi connectivity index (χ3v) is 3.08. The van der Waals surface area contributed by atoms with E-state index in [0.717, 1.165) is 35.5 Å². The fourth-order valence-electron chi connectivity index (χ4n) is 1.78. The molecule has 100 valence electrons. The van der Waals surface area contributed by atoms with E-state index in [1.165, 1.54) is 0 Å². The number of benzene rings is 1. The average molecular weight is 265 g/mol. The van der Waals surface area contributed by atoms with Crippen molar-refractivity contribution < 1.29 is 4.74 Å². The van der Waals surface area contributed by atoms with Crippen LogP contribution in [0.25, 0.3) is 0 Å². The first-order chi connectivity index (χ1) is 8.20. The Labute approximate surface area is 116 Å². The molecule has 0 fully saturated rings. The maximum Gasteiger partial charge on any atom is 0.125 e. The van der Waals surface area contributed by atoms with E-state index in [4.69, 9.17) is 22.7 Å². The Kier molecular flexibility index (Phi) is 4.74. The minimum atomic E-state index is 0.292. The molecule has 0 bridgehead atoms. The van der Waals surface area contributed by atoms with Crippen LogP contribution < -0.4 is 10.5 Å². The maximum absolute atomic E-state index is 5.89. The van der Waals surface area contributed by atoms with E-state index < -0.39 is 0 Å². The van der Waals surface area contributed by atoms with E-state index in [0.29, 0.717) is 10.4 Å². The minimum Gasteiger partial charge on any atom is -0.493 e. The number of hydrogen-bond donors (Lipinski definition) is 1. The maximum atomic E-state index is 5.89. The van der Waals surface area contributed by atoms with Gasteiger partial charge < -0.3 is 10.5 Å². The quantitative estimate of drug-likeness (QED) is 0.842. The van der Waals surface area contributed by atoms with E-state index in [1.54, 1.807) is 0 Å². The number of nitrogens with two attached hydrogens (primary N) is 1. The molecule has 0 unspecified atom stereocenters. The van der Waals surface area contributed by atoms with Crippen molar-refractivity contribution in [3.8, 4) is 5.75 Å². The molecule has 0 atom stereocenters. The van der Waals surface area contributed by atoms with Crippen LogP contribution >= 0.6 is 12.2 Å². The summed E-state index contributed by atoms with van der Waals surface area (Å²) >= 11 is 5.00. The summed E-state index contributed by atoms with van der Waals surface area (Å²) < 4.78 is 5.89. The summed E-state index contributed by atoms with van der Waals surface area (Å²) in [6.45, 7) is 11.4. The van der Waals surface area contributed by atoms with Crippen molar-refractivity contribution in [2.75, 3.05) is 6.61 Å². The molecule has 3 heteroatoms. The Bertz CT molecular complexity index is 423. The van der Waals surface area contributed by atoms with Crippen LogP contribution in [0.4, 0.5) is 0 Å². The van der Waals surface area contributed by atoms with Gasteiger partial charge in [0.05, 0.1) is 6.61 Å². The molecule has 0 saturated carbocycles. The Morgan fingerprint density at radius 3 is 2.11 bits per heavy atom. The topological polar surface area (TPSA) is 35.2 Å². The zero-order valence-electron chi connectivity index (χ0n) is 12.0. The highest BCUT2D eigenvalue weighted by molar-refractivity contribution is 7.80. The molecule has 18 heavy (non-hydrogen) atoms. The Hall–Kier alpha value is -1.09. The standard InChI is InChI=1S/C15H23NOS/c1-10-8-12(14(16)18)9-11(2)13(10)17-7-6-15(3,4)5/h8-9H,6-7H2,1-5H3,(H2,16,18). The zero-order chi connectivity index (χ0) is 13.9. The highest BCUT2D eigenvalue weighted by Gasteiger charge is 2.12. The van der Waals surface area contributed by atoms with Crippen LogP contribution in [0.2, 0.25) is 0 Å². The van der Waals surface area contributed by atoms with Crippen molar-refractivity contribution >= 4 is 17.2 Å². The highest BCUT2D eigenvalue weighted by atomic mass is 32.1. The molecule has 2 N–H and O–H groups in total. The third-order valence-electron chi connectivity index (χ3n) is 2.84. The predicted octanol–water partition coefficient (Wildman–Crippen LogP) is 3.75. The number of hydrogen-bond acceptors (Lipinski definition) is 2. The van der Waals surface area contributed by atoms with Crippen LogP contribution in [-0.2, 0) is 0 Å². The van der Waals surface area contributed by atoms with Crippen LogP contribution in [0.3, 0.4) is 0 Å². The molecule has 0 saturated heterocycles. The molecule has 0 spiro atoms. The first-order valence-electron chi connectivity index (χ1n) is 6.24. The minimum absolute atomic E-state index is 0.292. The summed E-state index contributed by atoms with van der Waals surface area (Å²) in [5.74, 6) is 0.958. The van der Waals surface area contributed by atoms with Gasteiger partial charge >= 0.3 is 0 Å². The van der Waals surface area contributed by atoms with Crippen LogP contribution in [0, 0.1) is 19.3 Å². The fourth-order valence-corrected chi connectivity index (χ4v) is 1.90. The van der Waals surface area contributed by atoms with Gasteiger partial charge in [-0.1, -0.05) is 33.0 Å². The van der Waals surface area contributed by atoms with Gasteiger partial charge in [-0.15, -0.1) is 0 Å². The van der Waals surface area contributed by atoms with Crippen molar-refractivity contribution in [3.05, 3.63) is 28.8 Å². The summed E-state index contributed by atoms with van der Waals surface area (Å²) in [5.41, 5.74) is 9.03. The van der Waals surface area contributed by atoms with Crippen molar-refractivity contribution in [1.29, 1.82) is 0 Å². The van der Waals surface area contributed by atoms with Crippen LogP contribution in [-0.4, -0.2) is 11.6 Å². The van der Waals surface area contributed by atoms with E-state index >= 15 is 0 Å². The molecule has 0 aliphatic carbocycles. The monoisotopic (exact) mass is 265 g/mol. The molecule has 0 aliphatic rings. The van der Waals surface area contributed by atoms with Gasteiger partial charge in [0.25, 0.3) is 0 Å². The molecule has 0 aromatic heterocycles. The Morgan fingerprint density at radius 2 is 1.72 bits per heavy atom. The smallest absolute Gasteiger partial charge is 0.125 e. The lowest BCUT2D eigenvalue weighted by atomic mass is 9.93. The largest absolute Gasteiger partial charge is 0.493 e. The SMILES string of the molecule is Cc1cc(C(N)=S)cc(C)c1OCCC(C)(C)C. The van der Waals surface area contributed by atoms with Gasteiger partial charge in [0, 0.05) is 5.56 Å². The molecule has 0 heterocycles. The number of aryl methyl sites for hydroxylation is 2. The van der Waals surface area contributed by atoms with E-state index in [2.05, 4.69) is 20.8 Å². The molecular weight excluding hydrogens is 242 g/mol. The molecule has 1 rings (SSSR count). The zero-order valence-corrected chi connectivity index (χ0v) is 12.8. The fraction of sp³-hybridized carbons (Fsp3) is 0.533. The number of ether oxygens (including phenoxy) is 1. The van der Waals surface area contributed by atoms with Gasteiger partial charge in [-0.05, 0) is 48.9 Å². The highest BCUT2D eigenvalue weighted by Crippen LogP contribution is 2.26. The Morgan fingerprint density at radius 1 is 1.22 bits per heavy atom. The predicted molar refractivity (Wildman–Crippen MR) is 81.4 cm³/mol. The molecule has 2 nitrogen and oxygen atoms in total. The van der Waals surface area contributed by atoms with Crippen molar-refractivity contribution in [1.82, 2.24) is 0 Å². The molecule has 1 aromatic carbocycles. The first kappa shape index (κ1) is 15.0. The number of rotatable bonds is 4. The normalized spacial score (nSPS) is 11.4. The lowest BCUT2D eigenvalue weighted by Gasteiger charge is -2.20. The van der Waals surface area contributed by atoms with Crippen molar-refractivity contribution in [2.24, 2.45) is 11.1 Å². The summed E-state index contributed by atoms with van der Waals surface area (Å²) in [6.07, 6.45) is 1.03. The summed E-state index contributed by atoms with van der Waals surface area (Å²) in [4.78, 5) is 0.433. The van der Waals surface area contributed by atoms with Gasteiger partial charge in [-0.2, -0.15) is 0 Å². The lowest BCUT2D eigenvalue weighted by Crippen LogP contribution is -2.13. The van der Waals surface area contributed by atoms with E-state index in [-0.39, 0.29) is 0 Å². The van der Waals surface area contributed by atoms with Gasteiger partial charge in [0.15, 0.2) is 0 Å².